The summed E-state index contributed by atoms with van der Waals surface area (Å²) in [4.78, 5) is 18.7. The molecule has 8 heteroatoms. The second-order valence-corrected chi connectivity index (χ2v) is 6.65. The van der Waals surface area contributed by atoms with Crippen LogP contribution in [0, 0.1) is 0 Å². The van der Waals surface area contributed by atoms with E-state index in [0.717, 1.165) is 5.69 Å². The van der Waals surface area contributed by atoms with Crippen LogP contribution < -0.4 is 9.64 Å². The molecule has 1 aliphatic rings. The predicted octanol–water partition coefficient (Wildman–Crippen LogP) is 4.01. The van der Waals surface area contributed by atoms with Crippen molar-refractivity contribution in [2.75, 3.05) is 18.1 Å². The molecular formula is C18H16BrN3O4. The Kier molecular flexibility index (Phi) is 4.50. The highest BCUT2D eigenvalue weighted by Gasteiger charge is 2.36. The summed E-state index contributed by atoms with van der Waals surface area (Å²) in [6, 6.07) is 11.0. The van der Waals surface area contributed by atoms with Crippen molar-refractivity contribution in [2.45, 2.75) is 19.3 Å². The number of hydrogen-bond acceptors (Lipinski definition) is 6. The summed E-state index contributed by atoms with van der Waals surface area (Å²) in [6.45, 7) is 2.93. The van der Waals surface area contributed by atoms with Gasteiger partial charge < -0.3 is 18.6 Å². The first-order valence-electron chi connectivity index (χ1n) is 8.27. The molecule has 3 aromatic rings. The van der Waals surface area contributed by atoms with Crippen LogP contribution in [-0.4, -0.2) is 29.2 Å². The summed E-state index contributed by atoms with van der Waals surface area (Å²) in [5.74, 6) is 1.84. The fourth-order valence-corrected chi connectivity index (χ4v) is 3.31. The number of nitrogens with zero attached hydrogens (tertiary/aromatic N) is 3. The molecule has 0 N–H and O–H groups in total. The summed E-state index contributed by atoms with van der Waals surface area (Å²) < 4.78 is 16.9. The standard InChI is InChI=1S/C18H16BrN3O4/c1-2-24-13-6-4-3-5-12(13)22-10-11(9-16(22)23)17-20-18(26-21-17)14-7-8-15(19)25-14/h3-8,11H,2,9-10H2,1H3. The van der Waals surface area contributed by atoms with Crippen molar-refractivity contribution in [3.05, 3.63) is 46.9 Å². The van der Waals surface area contributed by atoms with Crippen LogP contribution >= 0.6 is 15.9 Å². The topological polar surface area (TPSA) is 81.6 Å². The highest BCUT2D eigenvalue weighted by molar-refractivity contribution is 9.10. The molecule has 0 bridgehead atoms. The number of amides is 1. The Morgan fingerprint density at radius 3 is 2.92 bits per heavy atom. The molecule has 0 saturated carbocycles. The molecule has 7 nitrogen and oxygen atoms in total. The molecule has 1 atom stereocenters. The van der Waals surface area contributed by atoms with Gasteiger partial charge in [-0.2, -0.15) is 4.98 Å². The fraction of sp³-hybridized carbons (Fsp3) is 0.278. The average molecular weight is 418 g/mol. The van der Waals surface area contributed by atoms with Gasteiger partial charge >= 0.3 is 0 Å². The maximum absolute atomic E-state index is 12.6. The molecule has 134 valence electrons. The summed E-state index contributed by atoms with van der Waals surface area (Å²) in [7, 11) is 0. The molecule has 2 aromatic heterocycles. The van der Waals surface area contributed by atoms with Gasteiger partial charge in [-0.05, 0) is 47.1 Å². The molecule has 0 spiro atoms. The van der Waals surface area contributed by atoms with Crippen molar-refractivity contribution in [2.24, 2.45) is 0 Å². The van der Waals surface area contributed by atoms with E-state index < -0.39 is 0 Å². The lowest BCUT2D eigenvalue weighted by Gasteiger charge is -2.19. The van der Waals surface area contributed by atoms with Crippen molar-refractivity contribution in [1.82, 2.24) is 10.1 Å². The first-order valence-corrected chi connectivity index (χ1v) is 9.06. The highest BCUT2D eigenvalue weighted by Crippen LogP contribution is 2.36. The summed E-state index contributed by atoms with van der Waals surface area (Å²) in [5, 5.41) is 4.03. The zero-order valence-corrected chi connectivity index (χ0v) is 15.6. The Hall–Kier alpha value is -2.61. The number of furan rings is 1. The van der Waals surface area contributed by atoms with Crippen molar-refractivity contribution in [3.63, 3.8) is 0 Å². The van der Waals surface area contributed by atoms with E-state index in [1.165, 1.54) is 0 Å². The van der Waals surface area contributed by atoms with Crippen LogP contribution in [0.3, 0.4) is 0 Å². The lowest BCUT2D eigenvalue weighted by Crippen LogP contribution is -2.25. The lowest BCUT2D eigenvalue weighted by atomic mass is 10.1. The van der Waals surface area contributed by atoms with Crippen molar-refractivity contribution < 1.29 is 18.5 Å². The number of benzene rings is 1. The van der Waals surface area contributed by atoms with Gasteiger partial charge in [0.1, 0.15) is 5.75 Å². The fourth-order valence-electron chi connectivity index (χ4n) is 3.00. The third-order valence-electron chi connectivity index (χ3n) is 4.17. The smallest absolute Gasteiger partial charge is 0.293 e. The van der Waals surface area contributed by atoms with E-state index in [9.17, 15) is 4.79 Å². The molecule has 1 unspecified atom stereocenters. The zero-order chi connectivity index (χ0) is 18.1. The van der Waals surface area contributed by atoms with E-state index in [2.05, 4.69) is 26.1 Å². The molecule has 0 radical (unpaired) electrons. The second-order valence-electron chi connectivity index (χ2n) is 5.87. The van der Waals surface area contributed by atoms with Crippen LogP contribution in [0.2, 0.25) is 0 Å². The minimum absolute atomic E-state index is 0.00856. The normalized spacial score (nSPS) is 17.1. The molecule has 1 fully saturated rings. The van der Waals surface area contributed by atoms with E-state index in [1.54, 1.807) is 17.0 Å². The number of carbonyl (C=O) groups excluding carboxylic acids is 1. The van der Waals surface area contributed by atoms with Crippen LogP contribution in [0.15, 0.2) is 50.0 Å². The first kappa shape index (κ1) is 16.8. The quantitative estimate of drug-likeness (QED) is 0.623. The molecule has 26 heavy (non-hydrogen) atoms. The molecule has 1 saturated heterocycles. The van der Waals surface area contributed by atoms with E-state index >= 15 is 0 Å². The van der Waals surface area contributed by atoms with Gasteiger partial charge in [0.05, 0.1) is 12.3 Å². The molecule has 1 aliphatic heterocycles. The van der Waals surface area contributed by atoms with Gasteiger partial charge in [0.15, 0.2) is 16.3 Å². The maximum Gasteiger partial charge on any atom is 0.293 e. The number of anilines is 1. The van der Waals surface area contributed by atoms with Crippen molar-refractivity contribution in [3.8, 4) is 17.4 Å². The van der Waals surface area contributed by atoms with Crippen LogP contribution in [0.25, 0.3) is 11.7 Å². The largest absolute Gasteiger partial charge is 0.492 e. The van der Waals surface area contributed by atoms with E-state index in [1.807, 2.05) is 31.2 Å². The molecule has 0 aliphatic carbocycles. The Bertz CT molecular complexity index is 936. The SMILES string of the molecule is CCOc1ccccc1N1CC(c2noc(-c3ccc(Br)o3)n2)CC1=O. The summed E-state index contributed by atoms with van der Waals surface area (Å²) in [5.41, 5.74) is 0.764. The van der Waals surface area contributed by atoms with Gasteiger partial charge in [-0.1, -0.05) is 17.3 Å². The van der Waals surface area contributed by atoms with Crippen LogP contribution in [-0.2, 0) is 4.79 Å². The van der Waals surface area contributed by atoms with Gasteiger partial charge in [-0.15, -0.1) is 0 Å². The van der Waals surface area contributed by atoms with Gasteiger partial charge in [-0.3, -0.25) is 4.79 Å². The Morgan fingerprint density at radius 1 is 1.31 bits per heavy atom. The third kappa shape index (κ3) is 3.12. The minimum Gasteiger partial charge on any atom is -0.492 e. The lowest BCUT2D eigenvalue weighted by molar-refractivity contribution is -0.117. The van der Waals surface area contributed by atoms with Gasteiger partial charge in [0, 0.05) is 18.9 Å². The number of halogens is 1. The van der Waals surface area contributed by atoms with E-state index in [-0.39, 0.29) is 11.8 Å². The van der Waals surface area contributed by atoms with Crippen molar-refractivity contribution >= 4 is 27.5 Å². The van der Waals surface area contributed by atoms with Crippen LogP contribution in [0.5, 0.6) is 5.75 Å². The van der Waals surface area contributed by atoms with Gasteiger partial charge in [0.2, 0.25) is 5.91 Å². The van der Waals surface area contributed by atoms with E-state index in [4.69, 9.17) is 13.7 Å². The van der Waals surface area contributed by atoms with Crippen molar-refractivity contribution in [1.29, 1.82) is 0 Å². The van der Waals surface area contributed by atoms with Gasteiger partial charge in [0.25, 0.3) is 5.89 Å². The Morgan fingerprint density at radius 2 is 2.15 bits per heavy atom. The van der Waals surface area contributed by atoms with Crippen LogP contribution in [0.1, 0.15) is 25.1 Å². The average Bonchev–Trinajstić information content (AvgIpc) is 3.35. The minimum atomic E-state index is -0.145. The number of para-hydroxylation sites is 2. The summed E-state index contributed by atoms with van der Waals surface area (Å²) in [6.07, 6.45) is 0.321. The third-order valence-corrected chi connectivity index (χ3v) is 4.60. The summed E-state index contributed by atoms with van der Waals surface area (Å²) >= 11 is 3.24. The predicted molar refractivity (Wildman–Crippen MR) is 97.0 cm³/mol. The monoisotopic (exact) mass is 417 g/mol. The maximum atomic E-state index is 12.6. The van der Waals surface area contributed by atoms with E-state index in [0.29, 0.717) is 47.5 Å². The first-order chi connectivity index (χ1) is 12.7. The molecule has 3 heterocycles. The zero-order valence-electron chi connectivity index (χ0n) is 14.0. The highest BCUT2D eigenvalue weighted by atomic mass is 79.9. The molecule has 1 aromatic carbocycles. The number of rotatable bonds is 5. The number of aromatic nitrogens is 2. The second kappa shape index (κ2) is 6.95. The number of ether oxygens (including phenoxy) is 1. The van der Waals surface area contributed by atoms with Gasteiger partial charge in [-0.25, -0.2) is 0 Å². The molecule has 4 rings (SSSR count). The number of carbonyl (C=O) groups is 1. The molecular weight excluding hydrogens is 402 g/mol. The Labute approximate surface area is 158 Å². The number of hydrogen-bond donors (Lipinski definition) is 0. The Balaban J connectivity index is 1.56. The van der Waals surface area contributed by atoms with Crippen LogP contribution in [0.4, 0.5) is 5.69 Å². The molecule has 1 amide bonds.